The summed E-state index contributed by atoms with van der Waals surface area (Å²) in [5, 5.41) is 7.79. The van der Waals surface area contributed by atoms with E-state index in [1.807, 2.05) is 30.9 Å². The van der Waals surface area contributed by atoms with Crippen molar-refractivity contribution in [1.29, 1.82) is 0 Å². The molecule has 3 N–H and O–H groups in total. The number of aliphatic imine (C=N–C) groups is 1. The van der Waals surface area contributed by atoms with Crippen molar-refractivity contribution in [2.75, 3.05) is 0 Å². The second kappa shape index (κ2) is 6.45. The van der Waals surface area contributed by atoms with Gasteiger partial charge in [-0.15, -0.1) is 0 Å². The van der Waals surface area contributed by atoms with Crippen LogP contribution in [0.15, 0.2) is 60.4 Å². The number of thioether (sulfide) groups is 1. The average molecular weight is 336 g/mol. The van der Waals surface area contributed by atoms with Crippen LogP contribution in [0.3, 0.4) is 0 Å². The van der Waals surface area contributed by atoms with Gasteiger partial charge < -0.3 is 5.73 Å². The molecule has 0 fully saturated rings. The maximum atomic E-state index is 6.07. The van der Waals surface area contributed by atoms with Crippen LogP contribution in [0.25, 0.3) is 11.1 Å². The standard InChI is InChI=1S/C17H16N6S/c18-17-23-15(5-16(24-17)14-8-21-22-9-14)12-3-1-2-11(4-12)13-6-19-10-20-7-13/h1-4,6-10,15-16H,5H2,(H2,18,23)(H,21,22)/t15-,16-/m0/s1. The summed E-state index contributed by atoms with van der Waals surface area (Å²) in [4.78, 5) is 12.8. The van der Waals surface area contributed by atoms with Gasteiger partial charge in [0.25, 0.3) is 0 Å². The number of rotatable bonds is 3. The molecule has 2 aromatic heterocycles. The fourth-order valence-electron chi connectivity index (χ4n) is 2.86. The lowest BCUT2D eigenvalue weighted by atomic mass is 9.97. The molecule has 1 aromatic carbocycles. The molecule has 24 heavy (non-hydrogen) atoms. The second-order valence-corrected chi connectivity index (χ2v) is 6.83. The molecule has 2 atom stereocenters. The number of hydrogen-bond donors (Lipinski definition) is 2. The first-order valence-corrected chi connectivity index (χ1v) is 8.51. The molecule has 0 amide bonds. The summed E-state index contributed by atoms with van der Waals surface area (Å²) in [7, 11) is 0. The fraction of sp³-hybridized carbons (Fsp3) is 0.176. The van der Waals surface area contributed by atoms with Crippen LogP contribution in [0, 0.1) is 0 Å². The number of aromatic nitrogens is 4. The van der Waals surface area contributed by atoms with E-state index >= 15 is 0 Å². The Labute approximate surface area is 143 Å². The molecule has 1 aliphatic heterocycles. The highest BCUT2D eigenvalue weighted by molar-refractivity contribution is 8.14. The maximum Gasteiger partial charge on any atom is 0.155 e. The molecule has 3 aromatic rings. The molecule has 0 aliphatic carbocycles. The molecule has 7 heteroatoms. The van der Waals surface area contributed by atoms with Gasteiger partial charge in [0.05, 0.1) is 12.2 Å². The number of hydrogen-bond acceptors (Lipinski definition) is 6. The third-order valence-corrected chi connectivity index (χ3v) is 5.14. The Balaban J connectivity index is 1.65. The zero-order chi connectivity index (χ0) is 16.4. The number of benzene rings is 1. The van der Waals surface area contributed by atoms with Crippen LogP contribution in [0.4, 0.5) is 0 Å². The highest BCUT2D eigenvalue weighted by Gasteiger charge is 2.26. The first-order chi connectivity index (χ1) is 11.8. The smallest absolute Gasteiger partial charge is 0.155 e. The number of H-pyrrole nitrogens is 1. The van der Waals surface area contributed by atoms with Crippen LogP contribution in [0.2, 0.25) is 0 Å². The van der Waals surface area contributed by atoms with Gasteiger partial charge in [0.15, 0.2) is 5.17 Å². The fourth-order valence-corrected chi connectivity index (χ4v) is 3.88. The molecular weight excluding hydrogens is 320 g/mol. The van der Waals surface area contributed by atoms with Crippen molar-refractivity contribution in [3.8, 4) is 11.1 Å². The summed E-state index contributed by atoms with van der Waals surface area (Å²) >= 11 is 1.59. The largest absolute Gasteiger partial charge is 0.379 e. The normalized spacial score (nSPS) is 20.6. The molecule has 6 nitrogen and oxygen atoms in total. The van der Waals surface area contributed by atoms with Crippen LogP contribution in [0.5, 0.6) is 0 Å². The Hall–Kier alpha value is -2.67. The molecular formula is C17H16N6S. The van der Waals surface area contributed by atoms with E-state index in [2.05, 4.69) is 43.4 Å². The first kappa shape index (κ1) is 14.9. The van der Waals surface area contributed by atoms with Crippen LogP contribution >= 0.6 is 11.8 Å². The van der Waals surface area contributed by atoms with Gasteiger partial charge in [-0.05, 0) is 23.6 Å². The number of nitrogens with two attached hydrogens (primary N) is 1. The topological polar surface area (TPSA) is 92.8 Å². The van der Waals surface area contributed by atoms with E-state index < -0.39 is 0 Å². The van der Waals surface area contributed by atoms with Gasteiger partial charge in [-0.2, -0.15) is 5.10 Å². The lowest BCUT2D eigenvalue weighted by molar-refractivity contribution is 0.640. The molecule has 0 spiro atoms. The van der Waals surface area contributed by atoms with E-state index in [-0.39, 0.29) is 11.3 Å². The van der Waals surface area contributed by atoms with Gasteiger partial charge in [-0.25, -0.2) is 9.97 Å². The Morgan fingerprint density at radius 2 is 1.96 bits per heavy atom. The maximum absolute atomic E-state index is 6.07. The number of nitrogens with one attached hydrogen (secondary N) is 1. The van der Waals surface area contributed by atoms with Gasteiger partial charge in [0.2, 0.25) is 0 Å². The summed E-state index contributed by atoms with van der Waals surface area (Å²) in [6, 6.07) is 8.37. The van der Waals surface area contributed by atoms with Gasteiger partial charge in [-0.1, -0.05) is 30.0 Å². The molecule has 0 saturated heterocycles. The van der Waals surface area contributed by atoms with Crippen LogP contribution < -0.4 is 5.73 Å². The van der Waals surface area contributed by atoms with E-state index in [1.54, 1.807) is 11.8 Å². The molecule has 0 bridgehead atoms. The molecule has 0 unspecified atom stereocenters. The Kier molecular flexibility index (Phi) is 4.00. The van der Waals surface area contributed by atoms with Crippen LogP contribution in [-0.2, 0) is 0 Å². The van der Waals surface area contributed by atoms with E-state index in [4.69, 9.17) is 5.73 Å². The Bertz CT molecular complexity index is 847. The number of amidine groups is 1. The zero-order valence-corrected chi connectivity index (χ0v) is 13.6. The average Bonchev–Trinajstić information content (AvgIpc) is 3.17. The second-order valence-electron chi connectivity index (χ2n) is 5.61. The van der Waals surface area contributed by atoms with Gasteiger partial charge in [0, 0.05) is 35.0 Å². The van der Waals surface area contributed by atoms with Gasteiger partial charge in [-0.3, -0.25) is 10.1 Å². The van der Waals surface area contributed by atoms with E-state index in [0.29, 0.717) is 5.17 Å². The summed E-state index contributed by atoms with van der Waals surface area (Å²) < 4.78 is 0. The summed E-state index contributed by atoms with van der Waals surface area (Å²) in [5.41, 5.74) is 10.4. The molecule has 0 saturated carbocycles. The number of nitrogens with zero attached hydrogens (tertiary/aromatic N) is 4. The van der Waals surface area contributed by atoms with E-state index in [9.17, 15) is 0 Å². The van der Waals surface area contributed by atoms with E-state index in [1.165, 1.54) is 6.33 Å². The lowest BCUT2D eigenvalue weighted by Gasteiger charge is -2.25. The minimum atomic E-state index is 0.0377. The van der Waals surface area contributed by atoms with Crippen molar-refractivity contribution in [3.63, 3.8) is 0 Å². The number of aromatic amines is 1. The SMILES string of the molecule is NC1=N[C@H](c2cccc(-c3cncnc3)c2)C[C@@H](c2cn[nH]c2)S1. The van der Waals surface area contributed by atoms with E-state index in [0.717, 1.165) is 28.7 Å². The monoisotopic (exact) mass is 336 g/mol. The van der Waals surface area contributed by atoms with Crippen molar-refractivity contribution in [2.24, 2.45) is 10.7 Å². The zero-order valence-electron chi connectivity index (χ0n) is 12.8. The molecule has 120 valence electrons. The van der Waals surface area contributed by atoms with Crippen LogP contribution in [-0.4, -0.2) is 25.3 Å². The summed E-state index contributed by atoms with van der Waals surface area (Å²) in [5.74, 6) is 0. The quantitative estimate of drug-likeness (QED) is 0.766. The molecule has 1 aliphatic rings. The molecule has 0 radical (unpaired) electrons. The summed E-state index contributed by atoms with van der Waals surface area (Å²) in [6.45, 7) is 0. The van der Waals surface area contributed by atoms with Crippen molar-refractivity contribution in [2.45, 2.75) is 17.7 Å². The third-order valence-electron chi connectivity index (χ3n) is 4.04. The predicted molar refractivity (Wildman–Crippen MR) is 95.4 cm³/mol. The lowest BCUT2D eigenvalue weighted by Crippen LogP contribution is -2.18. The molecule has 3 heterocycles. The highest BCUT2D eigenvalue weighted by Crippen LogP contribution is 2.42. The Morgan fingerprint density at radius 1 is 1.08 bits per heavy atom. The Morgan fingerprint density at radius 3 is 2.75 bits per heavy atom. The van der Waals surface area contributed by atoms with Gasteiger partial charge in [0.1, 0.15) is 6.33 Å². The minimum Gasteiger partial charge on any atom is -0.379 e. The minimum absolute atomic E-state index is 0.0377. The summed E-state index contributed by atoms with van der Waals surface area (Å²) in [6.07, 6.45) is 9.82. The van der Waals surface area contributed by atoms with Gasteiger partial charge >= 0.3 is 0 Å². The van der Waals surface area contributed by atoms with Crippen molar-refractivity contribution >= 4 is 16.9 Å². The first-order valence-electron chi connectivity index (χ1n) is 7.63. The predicted octanol–water partition coefficient (Wildman–Crippen LogP) is 3.10. The highest BCUT2D eigenvalue weighted by atomic mass is 32.2. The van der Waals surface area contributed by atoms with Crippen molar-refractivity contribution in [3.05, 3.63) is 66.5 Å². The molecule has 4 rings (SSSR count). The van der Waals surface area contributed by atoms with Crippen LogP contribution in [0.1, 0.15) is 28.8 Å². The van der Waals surface area contributed by atoms with Crippen molar-refractivity contribution < 1.29 is 0 Å². The third kappa shape index (κ3) is 3.03. The van der Waals surface area contributed by atoms with Crippen molar-refractivity contribution in [1.82, 2.24) is 20.2 Å².